The van der Waals surface area contributed by atoms with Crippen LogP contribution in [-0.4, -0.2) is 12.5 Å². The van der Waals surface area contributed by atoms with Crippen molar-refractivity contribution in [1.29, 1.82) is 0 Å². The maximum atomic E-state index is 12.6. The number of benzene rings is 1. The van der Waals surface area contributed by atoms with E-state index in [1.165, 1.54) is 18.2 Å². The molecule has 0 radical (unpaired) electrons. The van der Waals surface area contributed by atoms with Gasteiger partial charge in [0.05, 0.1) is 0 Å². The minimum atomic E-state index is -0.552. The number of hydrogen-bond acceptors (Lipinski definition) is 2. The van der Waals surface area contributed by atoms with E-state index < -0.39 is 5.91 Å². The largest absolute Gasteiger partial charge is 0.484 e. The summed E-state index contributed by atoms with van der Waals surface area (Å²) in [7, 11) is 0. The second-order valence-corrected chi connectivity index (χ2v) is 2.66. The zero-order valence-corrected chi connectivity index (χ0v) is 7.21. The fraction of sp³-hybridized carbons (Fsp3) is 0.222. The zero-order chi connectivity index (χ0) is 9.84. The van der Waals surface area contributed by atoms with Crippen molar-refractivity contribution in [3.8, 4) is 5.75 Å². The summed E-state index contributed by atoms with van der Waals surface area (Å²) in [6, 6.07) is 4.06. The summed E-state index contributed by atoms with van der Waals surface area (Å²) in [4.78, 5) is 10.4. The molecule has 1 aromatic rings. The SMILES string of the molecule is Cc1cc(F)ccc1OCC(N)=O. The van der Waals surface area contributed by atoms with Gasteiger partial charge in [0.25, 0.3) is 5.91 Å². The quantitative estimate of drug-likeness (QED) is 0.759. The lowest BCUT2D eigenvalue weighted by Crippen LogP contribution is -2.20. The van der Waals surface area contributed by atoms with Gasteiger partial charge >= 0.3 is 0 Å². The molecule has 0 aromatic heterocycles. The van der Waals surface area contributed by atoms with Crippen molar-refractivity contribution in [2.75, 3.05) is 6.61 Å². The van der Waals surface area contributed by atoms with Crippen molar-refractivity contribution in [3.63, 3.8) is 0 Å². The molecule has 0 bridgehead atoms. The Morgan fingerprint density at radius 3 is 2.85 bits per heavy atom. The molecule has 0 unspecified atom stereocenters. The molecule has 0 spiro atoms. The van der Waals surface area contributed by atoms with Gasteiger partial charge in [-0.25, -0.2) is 4.39 Å². The number of primary amides is 1. The Hall–Kier alpha value is -1.58. The number of carbonyl (C=O) groups excluding carboxylic acids is 1. The average Bonchev–Trinajstić information content (AvgIpc) is 2.02. The third-order valence-corrected chi connectivity index (χ3v) is 1.51. The van der Waals surface area contributed by atoms with Crippen LogP contribution < -0.4 is 10.5 Å². The van der Waals surface area contributed by atoms with Gasteiger partial charge in [-0.1, -0.05) is 0 Å². The number of ether oxygens (including phenoxy) is 1. The van der Waals surface area contributed by atoms with Crippen LogP contribution in [0.4, 0.5) is 4.39 Å². The number of amides is 1. The Kier molecular flexibility index (Phi) is 2.84. The Balaban J connectivity index is 2.72. The van der Waals surface area contributed by atoms with E-state index >= 15 is 0 Å². The highest BCUT2D eigenvalue weighted by Gasteiger charge is 2.02. The highest BCUT2D eigenvalue weighted by atomic mass is 19.1. The number of rotatable bonds is 3. The zero-order valence-electron chi connectivity index (χ0n) is 7.21. The van der Waals surface area contributed by atoms with Gasteiger partial charge in [0.2, 0.25) is 0 Å². The van der Waals surface area contributed by atoms with Gasteiger partial charge in [-0.3, -0.25) is 4.79 Å². The van der Waals surface area contributed by atoms with Gasteiger partial charge in [-0.2, -0.15) is 0 Å². The monoisotopic (exact) mass is 183 g/mol. The van der Waals surface area contributed by atoms with Crippen LogP contribution in [0.15, 0.2) is 18.2 Å². The molecule has 1 rings (SSSR count). The first-order valence-electron chi connectivity index (χ1n) is 3.77. The Morgan fingerprint density at radius 2 is 2.31 bits per heavy atom. The van der Waals surface area contributed by atoms with Gasteiger partial charge in [-0.05, 0) is 30.7 Å². The van der Waals surface area contributed by atoms with Crippen molar-refractivity contribution in [3.05, 3.63) is 29.6 Å². The van der Waals surface area contributed by atoms with Crippen LogP contribution in [0, 0.1) is 12.7 Å². The van der Waals surface area contributed by atoms with Crippen molar-refractivity contribution < 1.29 is 13.9 Å². The average molecular weight is 183 g/mol. The molecule has 0 saturated carbocycles. The fourth-order valence-electron chi connectivity index (χ4n) is 0.924. The van der Waals surface area contributed by atoms with Crippen LogP contribution in [0.1, 0.15) is 5.56 Å². The fourth-order valence-corrected chi connectivity index (χ4v) is 0.924. The van der Waals surface area contributed by atoms with Crippen molar-refractivity contribution in [2.24, 2.45) is 5.73 Å². The van der Waals surface area contributed by atoms with Crippen LogP contribution in [0.2, 0.25) is 0 Å². The third kappa shape index (κ3) is 2.74. The molecular weight excluding hydrogens is 173 g/mol. The summed E-state index contributed by atoms with van der Waals surface area (Å²) in [6.45, 7) is 1.51. The number of halogens is 1. The molecule has 3 nitrogen and oxygen atoms in total. The van der Waals surface area contributed by atoms with E-state index in [0.29, 0.717) is 11.3 Å². The molecule has 0 aliphatic carbocycles. The lowest BCUT2D eigenvalue weighted by atomic mass is 10.2. The minimum Gasteiger partial charge on any atom is -0.484 e. The van der Waals surface area contributed by atoms with Crippen LogP contribution in [0.3, 0.4) is 0 Å². The number of carbonyl (C=O) groups is 1. The first-order valence-corrected chi connectivity index (χ1v) is 3.77. The van der Waals surface area contributed by atoms with Crippen LogP contribution in [0.5, 0.6) is 5.75 Å². The normalized spacial score (nSPS) is 9.69. The molecule has 13 heavy (non-hydrogen) atoms. The standard InChI is InChI=1S/C9H10FNO2/c1-6-4-7(10)2-3-8(6)13-5-9(11)12/h2-4H,5H2,1H3,(H2,11,12). The molecule has 0 aliphatic heterocycles. The number of hydrogen-bond donors (Lipinski definition) is 1. The second-order valence-electron chi connectivity index (χ2n) is 2.66. The molecule has 0 fully saturated rings. The molecule has 70 valence electrons. The number of nitrogens with two attached hydrogens (primary N) is 1. The van der Waals surface area contributed by atoms with E-state index in [1.54, 1.807) is 6.92 Å². The summed E-state index contributed by atoms with van der Waals surface area (Å²) >= 11 is 0. The van der Waals surface area contributed by atoms with E-state index in [2.05, 4.69) is 0 Å². The van der Waals surface area contributed by atoms with Crippen LogP contribution in [-0.2, 0) is 4.79 Å². The highest BCUT2D eigenvalue weighted by Crippen LogP contribution is 2.17. The van der Waals surface area contributed by atoms with Crippen LogP contribution in [0.25, 0.3) is 0 Å². The van der Waals surface area contributed by atoms with E-state index in [1.807, 2.05) is 0 Å². The predicted molar refractivity (Wildman–Crippen MR) is 45.8 cm³/mol. The number of aryl methyl sites for hydroxylation is 1. The summed E-state index contributed by atoms with van der Waals surface area (Å²) in [5.41, 5.74) is 5.52. The minimum absolute atomic E-state index is 0.188. The van der Waals surface area contributed by atoms with Crippen molar-refractivity contribution in [2.45, 2.75) is 6.92 Å². The van der Waals surface area contributed by atoms with E-state index in [0.717, 1.165) is 0 Å². The third-order valence-electron chi connectivity index (χ3n) is 1.51. The molecule has 0 heterocycles. The molecule has 4 heteroatoms. The summed E-state index contributed by atoms with van der Waals surface area (Å²) in [5, 5.41) is 0. The van der Waals surface area contributed by atoms with Gasteiger partial charge in [0, 0.05) is 0 Å². The Bertz CT molecular complexity index is 325. The first kappa shape index (κ1) is 9.51. The van der Waals surface area contributed by atoms with Gasteiger partial charge in [0.15, 0.2) is 6.61 Å². The summed E-state index contributed by atoms with van der Waals surface area (Å²) < 4.78 is 17.6. The van der Waals surface area contributed by atoms with Crippen molar-refractivity contribution >= 4 is 5.91 Å². The maximum Gasteiger partial charge on any atom is 0.255 e. The van der Waals surface area contributed by atoms with E-state index in [-0.39, 0.29) is 12.4 Å². The lowest BCUT2D eigenvalue weighted by molar-refractivity contribution is -0.119. The Morgan fingerprint density at radius 1 is 1.62 bits per heavy atom. The van der Waals surface area contributed by atoms with E-state index in [4.69, 9.17) is 10.5 Å². The molecule has 1 aromatic carbocycles. The molecule has 2 N–H and O–H groups in total. The topological polar surface area (TPSA) is 52.3 Å². The molecule has 0 aliphatic rings. The summed E-state index contributed by atoms with van der Waals surface area (Å²) in [6.07, 6.45) is 0. The molecular formula is C9H10FNO2. The first-order chi connectivity index (χ1) is 6.09. The smallest absolute Gasteiger partial charge is 0.255 e. The lowest BCUT2D eigenvalue weighted by Gasteiger charge is -2.06. The van der Waals surface area contributed by atoms with Gasteiger partial charge in [0.1, 0.15) is 11.6 Å². The molecule has 0 atom stereocenters. The summed E-state index contributed by atoms with van der Waals surface area (Å²) in [5.74, 6) is -0.409. The van der Waals surface area contributed by atoms with Crippen LogP contribution >= 0.6 is 0 Å². The van der Waals surface area contributed by atoms with Gasteiger partial charge in [-0.15, -0.1) is 0 Å². The van der Waals surface area contributed by atoms with Gasteiger partial charge < -0.3 is 10.5 Å². The Labute approximate surface area is 75.3 Å². The molecule has 1 amide bonds. The maximum absolute atomic E-state index is 12.6. The van der Waals surface area contributed by atoms with Crippen molar-refractivity contribution in [1.82, 2.24) is 0 Å². The highest BCUT2D eigenvalue weighted by molar-refractivity contribution is 5.75. The molecule has 0 saturated heterocycles. The van der Waals surface area contributed by atoms with E-state index in [9.17, 15) is 9.18 Å². The second kappa shape index (κ2) is 3.89. The predicted octanol–water partition coefficient (Wildman–Crippen LogP) is 0.998.